The lowest BCUT2D eigenvalue weighted by molar-refractivity contribution is 0.177. The van der Waals surface area contributed by atoms with Crippen LogP contribution in [-0.4, -0.2) is 49.5 Å². The molecule has 0 saturated carbocycles. The van der Waals surface area contributed by atoms with Gasteiger partial charge in [-0.15, -0.1) is 0 Å². The number of aryl methyl sites for hydroxylation is 2. The van der Waals surface area contributed by atoms with Gasteiger partial charge in [0, 0.05) is 30.8 Å². The first kappa shape index (κ1) is 17.9. The van der Waals surface area contributed by atoms with Crippen molar-refractivity contribution < 1.29 is 14.0 Å². The summed E-state index contributed by atoms with van der Waals surface area (Å²) in [4.78, 5) is 4.24. The van der Waals surface area contributed by atoms with Crippen molar-refractivity contribution >= 4 is 5.69 Å². The number of aliphatic hydroxyl groups excluding tert-OH is 1. The first-order valence-corrected chi connectivity index (χ1v) is 8.61. The second-order valence-corrected chi connectivity index (χ2v) is 7.07. The molecule has 1 aromatic carbocycles. The summed E-state index contributed by atoms with van der Waals surface area (Å²) in [5.41, 5.74) is 3.09. The van der Waals surface area contributed by atoms with E-state index >= 15 is 0 Å². The second kappa shape index (κ2) is 6.42. The van der Waals surface area contributed by atoms with Crippen LogP contribution in [0, 0.1) is 12.7 Å². The molecule has 0 spiro atoms. The van der Waals surface area contributed by atoms with Crippen LogP contribution in [0.5, 0.6) is 0 Å². The molecule has 1 N–H and O–H groups in total. The van der Waals surface area contributed by atoms with Gasteiger partial charge in [-0.3, -0.25) is 0 Å². The molecule has 0 saturated heterocycles. The van der Waals surface area contributed by atoms with Gasteiger partial charge in [-0.1, -0.05) is 12.1 Å². The molecule has 0 fully saturated rings. The highest BCUT2D eigenvalue weighted by molar-refractivity contribution is 5.67. The molecule has 0 aliphatic carbocycles. The molecule has 2 atom stereocenters. The van der Waals surface area contributed by atoms with Crippen LogP contribution in [0.2, 0.25) is 0 Å². The Labute approximate surface area is 148 Å². The summed E-state index contributed by atoms with van der Waals surface area (Å²) in [6.45, 7) is 4.52. The number of nitrogens with zero attached hydrogens (tertiary/aromatic N) is 3. The lowest BCUT2D eigenvalue weighted by Gasteiger charge is -2.43. The zero-order chi connectivity index (χ0) is 18.4. The Kier molecular flexibility index (Phi) is 4.60. The lowest BCUT2D eigenvalue weighted by atomic mass is 9.75. The molecule has 2 unspecified atom stereocenters. The minimum atomic E-state index is -0.566. The molecular weight excluding hydrogens is 321 g/mol. The Morgan fingerprint density at radius 1 is 1.40 bits per heavy atom. The standard InChI is InChI=1S/C19H26FN3O2/c1-6-16-18(12(2)25-21-16)19(11-22(3)4)15(10-24)14-9-13(20)7-8-17(14)23(19)5/h7-9,15,24H,6,10-11H2,1-5H3. The number of benzene rings is 1. The molecule has 136 valence electrons. The van der Waals surface area contributed by atoms with Gasteiger partial charge in [-0.05, 0) is 51.2 Å². The topological polar surface area (TPSA) is 52.7 Å². The average molecular weight is 347 g/mol. The highest BCUT2D eigenvalue weighted by Crippen LogP contribution is 2.54. The number of likely N-dealkylation sites (N-methyl/N-ethyl adjacent to an activating group) is 2. The summed E-state index contributed by atoms with van der Waals surface area (Å²) in [5, 5.41) is 14.5. The SMILES string of the molecule is CCc1noc(C)c1C1(CN(C)C)C(CO)c2cc(F)ccc2N1C. The summed E-state index contributed by atoms with van der Waals surface area (Å²) < 4.78 is 19.5. The van der Waals surface area contributed by atoms with E-state index in [0.29, 0.717) is 6.54 Å². The van der Waals surface area contributed by atoms with Gasteiger partial charge in [0.1, 0.15) is 11.6 Å². The van der Waals surface area contributed by atoms with Crippen molar-refractivity contribution in [2.24, 2.45) is 0 Å². The van der Waals surface area contributed by atoms with E-state index in [0.717, 1.165) is 34.7 Å². The number of hydrogen-bond donors (Lipinski definition) is 1. The van der Waals surface area contributed by atoms with Crippen molar-refractivity contribution in [1.29, 1.82) is 0 Å². The van der Waals surface area contributed by atoms with E-state index in [1.807, 2.05) is 35.0 Å². The van der Waals surface area contributed by atoms with Gasteiger partial charge in [0.05, 0.1) is 17.8 Å². The zero-order valence-electron chi connectivity index (χ0n) is 15.5. The maximum absolute atomic E-state index is 13.9. The van der Waals surface area contributed by atoms with E-state index < -0.39 is 5.54 Å². The van der Waals surface area contributed by atoms with E-state index in [1.54, 1.807) is 12.1 Å². The maximum Gasteiger partial charge on any atom is 0.139 e. The molecule has 25 heavy (non-hydrogen) atoms. The van der Waals surface area contributed by atoms with Crippen LogP contribution in [0.4, 0.5) is 10.1 Å². The number of fused-ring (bicyclic) bond motifs is 1. The van der Waals surface area contributed by atoms with Gasteiger partial charge in [0.2, 0.25) is 0 Å². The van der Waals surface area contributed by atoms with Gasteiger partial charge in [-0.25, -0.2) is 4.39 Å². The molecule has 0 radical (unpaired) electrons. The van der Waals surface area contributed by atoms with Crippen LogP contribution in [0.3, 0.4) is 0 Å². The molecule has 5 nitrogen and oxygen atoms in total. The molecule has 0 bridgehead atoms. The second-order valence-electron chi connectivity index (χ2n) is 7.07. The van der Waals surface area contributed by atoms with Crippen molar-refractivity contribution in [1.82, 2.24) is 10.1 Å². The fourth-order valence-corrected chi connectivity index (χ4v) is 4.40. The van der Waals surface area contributed by atoms with Crippen molar-refractivity contribution in [2.75, 3.05) is 39.2 Å². The number of rotatable bonds is 5. The molecule has 6 heteroatoms. The van der Waals surface area contributed by atoms with Gasteiger partial charge in [-0.2, -0.15) is 0 Å². The average Bonchev–Trinajstić information content (AvgIpc) is 3.03. The quantitative estimate of drug-likeness (QED) is 0.901. The third kappa shape index (κ3) is 2.55. The van der Waals surface area contributed by atoms with Crippen LogP contribution in [0.1, 0.15) is 35.4 Å². The predicted molar refractivity (Wildman–Crippen MR) is 95.5 cm³/mol. The predicted octanol–water partition coefficient (Wildman–Crippen LogP) is 2.67. The van der Waals surface area contributed by atoms with Gasteiger partial charge in [0.15, 0.2) is 0 Å². The Bertz CT molecular complexity index is 774. The highest BCUT2D eigenvalue weighted by atomic mass is 19.1. The van der Waals surface area contributed by atoms with E-state index in [4.69, 9.17) is 4.52 Å². The number of aromatic nitrogens is 1. The Hall–Kier alpha value is -1.92. The largest absolute Gasteiger partial charge is 0.396 e. The van der Waals surface area contributed by atoms with Crippen LogP contribution in [0.15, 0.2) is 22.7 Å². The highest BCUT2D eigenvalue weighted by Gasteiger charge is 2.54. The van der Waals surface area contributed by atoms with Gasteiger partial charge in [0.25, 0.3) is 0 Å². The van der Waals surface area contributed by atoms with E-state index in [1.165, 1.54) is 6.07 Å². The third-order valence-electron chi connectivity index (χ3n) is 5.34. The molecule has 2 aromatic rings. The monoisotopic (exact) mass is 347 g/mol. The van der Waals surface area contributed by atoms with Crippen molar-refractivity contribution in [3.63, 3.8) is 0 Å². The Morgan fingerprint density at radius 2 is 2.12 bits per heavy atom. The van der Waals surface area contributed by atoms with Crippen LogP contribution < -0.4 is 4.90 Å². The molecule has 2 heterocycles. The molecule has 1 aliphatic heterocycles. The fraction of sp³-hybridized carbons (Fsp3) is 0.526. The minimum absolute atomic E-state index is 0.0809. The molecule has 3 rings (SSSR count). The number of hydrogen-bond acceptors (Lipinski definition) is 5. The summed E-state index contributed by atoms with van der Waals surface area (Å²) in [6, 6.07) is 4.80. The zero-order valence-corrected chi connectivity index (χ0v) is 15.5. The lowest BCUT2D eigenvalue weighted by Crippen LogP contribution is -2.52. The number of halogens is 1. The smallest absolute Gasteiger partial charge is 0.139 e. The van der Waals surface area contributed by atoms with Crippen LogP contribution >= 0.6 is 0 Å². The molecule has 0 amide bonds. The van der Waals surface area contributed by atoms with Crippen LogP contribution in [0.25, 0.3) is 0 Å². The maximum atomic E-state index is 13.9. The minimum Gasteiger partial charge on any atom is -0.396 e. The van der Waals surface area contributed by atoms with E-state index in [2.05, 4.69) is 15.0 Å². The first-order valence-electron chi connectivity index (χ1n) is 8.61. The van der Waals surface area contributed by atoms with E-state index in [9.17, 15) is 9.50 Å². The Morgan fingerprint density at radius 3 is 2.72 bits per heavy atom. The summed E-state index contributed by atoms with van der Waals surface area (Å²) in [7, 11) is 6.01. The van der Waals surface area contributed by atoms with Crippen LogP contribution in [-0.2, 0) is 12.0 Å². The van der Waals surface area contributed by atoms with Crippen molar-refractivity contribution in [3.05, 3.63) is 46.6 Å². The van der Waals surface area contributed by atoms with Gasteiger partial charge < -0.3 is 19.4 Å². The third-order valence-corrected chi connectivity index (χ3v) is 5.34. The first-order chi connectivity index (χ1) is 11.9. The summed E-state index contributed by atoms with van der Waals surface area (Å²) in [6.07, 6.45) is 0.735. The van der Waals surface area contributed by atoms with E-state index in [-0.39, 0.29) is 18.3 Å². The molecular formula is C19H26FN3O2. The molecule has 1 aromatic heterocycles. The van der Waals surface area contributed by atoms with Crippen molar-refractivity contribution in [2.45, 2.75) is 31.7 Å². The summed E-state index contributed by atoms with van der Waals surface area (Å²) in [5.74, 6) is 0.190. The van der Waals surface area contributed by atoms with Crippen molar-refractivity contribution in [3.8, 4) is 0 Å². The normalized spacial score (nSPS) is 22.7. The number of aliphatic hydroxyl groups is 1. The number of anilines is 1. The fourth-order valence-electron chi connectivity index (χ4n) is 4.40. The Balaban J connectivity index is 2.30. The van der Waals surface area contributed by atoms with Gasteiger partial charge >= 0.3 is 0 Å². The molecule has 1 aliphatic rings. The summed E-state index contributed by atoms with van der Waals surface area (Å²) >= 11 is 0.